The molecule has 3 aliphatic rings. The molecule has 3 atom stereocenters. The van der Waals surface area contributed by atoms with Gasteiger partial charge in [-0.2, -0.15) is 0 Å². The van der Waals surface area contributed by atoms with Gasteiger partial charge in [0.05, 0.1) is 5.92 Å². The molecule has 22 heavy (non-hydrogen) atoms. The van der Waals surface area contributed by atoms with Gasteiger partial charge in [-0.3, -0.25) is 9.59 Å². The Morgan fingerprint density at radius 1 is 1.27 bits per heavy atom. The topological polar surface area (TPSA) is 61.4 Å². The first-order valence-electron chi connectivity index (χ1n) is 8.96. The highest BCUT2D eigenvalue weighted by molar-refractivity contribution is 5.89. The van der Waals surface area contributed by atoms with Gasteiger partial charge in [0.2, 0.25) is 11.8 Å². The van der Waals surface area contributed by atoms with Crippen molar-refractivity contribution in [3.05, 3.63) is 0 Å². The van der Waals surface area contributed by atoms with Crippen LogP contribution < -0.4 is 10.6 Å². The minimum atomic E-state index is -0.152. The molecule has 3 fully saturated rings. The largest absolute Gasteiger partial charge is 0.353 e. The molecule has 0 aliphatic carbocycles. The predicted octanol–water partition coefficient (Wildman–Crippen LogP) is 1.42. The van der Waals surface area contributed by atoms with E-state index in [2.05, 4.69) is 24.5 Å². The van der Waals surface area contributed by atoms with Crippen molar-refractivity contribution in [2.45, 2.75) is 83.0 Å². The fourth-order valence-corrected chi connectivity index (χ4v) is 4.48. The zero-order chi connectivity index (χ0) is 15.7. The van der Waals surface area contributed by atoms with E-state index < -0.39 is 0 Å². The maximum absolute atomic E-state index is 12.5. The first-order valence-corrected chi connectivity index (χ1v) is 8.96. The van der Waals surface area contributed by atoms with Crippen LogP contribution in [0.3, 0.4) is 0 Å². The molecule has 3 saturated heterocycles. The van der Waals surface area contributed by atoms with Gasteiger partial charge in [-0.1, -0.05) is 13.8 Å². The molecule has 3 unspecified atom stereocenters. The van der Waals surface area contributed by atoms with Crippen LogP contribution >= 0.6 is 0 Å². The maximum atomic E-state index is 12.5. The molecule has 5 nitrogen and oxygen atoms in total. The molecule has 0 aromatic heterocycles. The smallest absolute Gasteiger partial charge is 0.225 e. The van der Waals surface area contributed by atoms with Crippen LogP contribution in [-0.2, 0) is 9.59 Å². The predicted molar refractivity (Wildman–Crippen MR) is 85.3 cm³/mol. The van der Waals surface area contributed by atoms with E-state index in [0.29, 0.717) is 37.1 Å². The van der Waals surface area contributed by atoms with Gasteiger partial charge < -0.3 is 15.5 Å². The summed E-state index contributed by atoms with van der Waals surface area (Å²) in [6.45, 7) is 4.83. The lowest BCUT2D eigenvalue weighted by Gasteiger charge is -2.30. The lowest BCUT2D eigenvalue weighted by Crippen LogP contribution is -2.49. The molecule has 0 spiro atoms. The molecule has 2 bridgehead atoms. The molecular weight excluding hydrogens is 278 g/mol. The summed E-state index contributed by atoms with van der Waals surface area (Å²) in [6, 6.07) is 1.74. The van der Waals surface area contributed by atoms with E-state index in [-0.39, 0.29) is 17.7 Å². The second-order valence-electron chi connectivity index (χ2n) is 7.23. The summed E-state index contributed by atoms with van der Waals surface area (Å²) < 4.78 is 0. The molecule has 0 saturated carbocycles. The first kappa shape index (κ1) is 15.8. The number of carbonyl (C=O) groups excluding carboxylic acids is 2. The molecule has 3 rings (SSSR count). The van der Waals surface area contributed by atoms with Crippen LogP contribution in [0.2, 0.25) is 0 Å². The van der Waals surface area contributed by atoms with Crippen molar-refractivity contribution in [1.29, 1.82) is 0 Å². The second kappa shape index (κ2) is 6.57. The number of piperidine rings is 1. The van der Waals surface area contributed by atoms with Crippen LogP contribution in [0.25, 0.3) is 0 Å². The van der Waals surface area contributed by atoms with Crippen LogP contribution in [0, 0.1) is 5.92 Å². The third-order valence-electron chi connectivity index (χ3n) is 5.73. The van der Waals surface area contributed by atoms with Crippen molar-refractivity contribution < 1.29 is 9.59 Å². The molecule has 0 aromatic carbocycles. The Morgan fingerprint density at radius 2 is 1.91 bits per heavy atom. The summed E-state index contributed by atoms with van der Waals surface area (Å²) in [4.78, 5) is 26.6. The SMILES string of the molecule is CCC(CC)N1CC(C(=O)NC2CC3CCC(C2)N3)CC1=O. The molecule has 3 aliphatic heterocycles. The number of nitrogens with one attached hydrogen (secondary N) is 2. The first-order chi connectivity index (χ1) is 10.6. The highest BCUT2D eigenvalue weighted by Crippen LogP contribution is 2.28. The third-order valence-corrected chi connectivity index (χ3v) is 5.73. The molecular formula is C17H29N3O2. The number of nitrogens with zero attached hydrogens (tertiary/aromatic N) is 1. The molecule has 2 N–H and O–H groups in total. The average molecular weight is 307 g/mol. The van der Waals surface area contributed by atoms with E-state index in [1.54, 1.807) is 0 Å². The van der Waals surface area contributed by atoms with Gasteiger partial charge in [0.15, 0.2) is 0 Å². The van der Waals surface area contributed by atoms with Crippen molar-refractivity contribution >= 4 is 11.8 Å². The number of likely N-dealkylation sites (tertiary alicyclic amines) is 1. The standard InChI is InChI=1S/C17H29N3O2/c1-3-15(4-2)20-10-11(7-16(20)21)17(22)19-14-8-12-5-6-13(9-14)18-12/h11-15,18H,3-10H2,1-2H3,(H,19,22). The Hall–Kier alpha value is -1.10. The fraction of sp³-hybridized carbons (Fsp3) is 0.882. The third kappa shape index (κ3) is 3.14. The van der Waals surface area contributed by atoms with Crippen molar-refractivity contribution in [2.75, 3.05) is 6.54 Å². The van der Waals surface area contributed by atoms with E-state index in [1.807, 2.05) is 4.90 Å². The van der Waals surface area contributed by atoms with Crippen LogP contribution in [0.5, 0.6) is 0 Å². The summed E-state index contributed by atoms with van der Waals surface area (Å²) in [5, 5.41) is 6.81. The van der Waals surface area contributed by atoms with E-state index >= 15 is 0 Å². The molecule has 0 radical (unpaired) electrons. The van der Waals surface area contributed by atoms with Gasteiger partial charge in [0.25, 0.3) is 0 Å². The normalized spacial score (nSPS) is 34.5. The van der Waals surface area contributed by atoms with Gasteiger partial charge in [-0.25, -0.2) is 0 Å². The fourth-order valence-electron chi connectivity index (χ4n) is 4.48. The lowest BCUT2D eigenvalue weighted by atomic mass is 9.98. The number of rotatable bonds is 5. The second-order valence-corrected chi connectivity index (χ2v) is 7.23. The van der Waals surface area contributed by atoms with Crippen molar-refractivity contribution in [3.8, 4) is 0 Å². The van der Waals surface area contributed by atoms with Crippen molar-refractivity contribution in [2.24, 2.45) is 5.92 Å². The van der Waals surface area contributed by atoms with Gasteiger partial charge in [0, 0.05) is 37.1 Å². The molecule has 5 heteroatoms. The number of fused-ring (bicyclic) bond motifs is 2. The number of amides is 2. The monoisotopic (exact) mass is 307 g/mol. The van der Waals surface area contributed by atoms with Gasteiger partial charge in [0.1, 0.15) is 0 Å². The van der Waals surface area contributed by atoms with Crippen molar-refractivity contribution in [1.82, 2.24) is 15.5 Å². The number of hydrogen-bond acceptors (Lipinski definition) is 3. The summed E-state index contributed by atoms with van der Waals surface area (Å²) in [5.41, 5.74) is 0. The maximum Gasteiger partial charge on any atom is 0.225 e. The molecule has 2 amide bonds. The van der Waals surface area contributed by atoms with Crippen LogP contribution in [0.15, 0.2) is 0 Å². The van der Waals surface area contributed by atoms with E-state index in [1.165, 1.54) is 12.8 Å². The Kier molecular flexibility index (Phi) is 4.71. The van der Waals surface area contributed by atoms with E-state index in [4.69, 9.17) is 0 Å². The Labute approximate surface area is 133 Å². The quantitative estimate of drug-likeness (QED) is 0.807. The number of hydrogen-bond donors (Lipinski definition) is 2. The highest BCUT2D eigenvalue weighted by atomic mass is 16.2. The summed E-state index contributed by atoms with van der Waals surface area (Å²) in [7, 11) is 0. The van der Waals surface area contributed by atoms with Gasteiger partial charge in [-0.15, -0.1) is 0 Å². The number of carbonyl (C=O) groups is 2. The van der Waals surface area contributed by atoms with E-state index in [0.717, 1.165) is 25.7 Å². The van der Waals surface area contributed by atoms with Crippen LogP contribution in [0.1, 0.15) is 58.8 Å². The average Bonchev–Trinajstić information content (AvgIpc) is 3.04. The zero-order valence-electron chi connectivity index (χ0n) is 13.8. The minimum Gasteiger partial charge on any atom is -0.353 e. The highest BCUT2D eigenvalue weighted by Gasteiger charge is 2.39. The minimum absolute atomic E-state index is 0.0908. The van der Waals surface area contributed by atoms with Crippen LogP contribution in [0.4, 0.5) is 0 Å². The Morgan fingerprint density at radius 3 is 2.50 bits per heavy atom. The Bertz CT molecular complexity index is 424. The van der Waals surface area contributed by atoms with Crippen molar-refractivity contribution in [3.63, 3.8) is 0 Å². The zero-order valence-corrected chi connectivity index (χ0v) is 13.8. The van der Waals surface area contributed by atoms with E-state index in [9.17, 15) is 9.59 Å². The lowest BCUT2D eigenvalue weighted by molar-refractivity contribution is -0.130. The van der Waals surface area contributed by atoms with Crippen LogP contribution in [-0.4, -0.2) is 47.4 Å². The van der Waals surface area contributed by atoms with Gasteiger partial charge in [-0.05, 0) is 38.5 Å². The molecule has 124 valence electrons. The summed E-state index contributed by atoms with van der Waals surface area (Å²) >= 11 is 0. The molecule has 3 heterocycles. The Balaban J connectivity index is 1.54. The van der Waals surface area contributed by atoms with Gasteiger partial charge >= 0.3 is 0 Å². The molecule has 0 aromatic rings. The summed E-state index contributed by atoms with van der Waals surface area (Å²) in [5.74, 6) is 0.0907. The summed E-state index contributed by atoms with van der Waals surface area (Å²) in [6.07, 6.45) is 6.88.